The molecule has 1 atom stereocenters. The van der Waals surface area contributed by atoms with Gasteiger partial charge >= 0.3 is 0 Å². The number of rotatable bonds is 2. The molecule has 0 bridgehead atoms. The molecule has 2 heterocycles. The van der Waals surface area contributed by atoms with E-state index in [1.165, 1.54) is 0 Å². The van der Waals surface area contributed by atoms with E-state index in [1.54, 1.807) is 18.2 Å². The summed E-state index contributed by atoms with van der Waals surface area (Å²) in [6.45, 7) is 2.39. The van der Waals surface area contributed by atoms with Crippen LogP contribution in [-0.4, -0.2) is 52.7 Å². The van der Waals surface area contributed by atoms with Gasteiger partial charge in [-0.15, -0.1) is 0 Å². The third-order valence-electron chi connectivity index (χ3n) is 4.53. The lowest BCUT2D eigenvalue weighted by Gasteiger charge is -2.40. The molecule has 0 unspecified atom stereocenters. The lowest BCUT2D eigenvalue weighted by molar-refractivity contribution is 0.0498. The van der Waals surface area contributed by atoms with Crippen molar-refractivity contribution in [1.29, 1.82) is 0 Å². The molecule has 2 aromatic carbocycles. The fourth-order valence-corrected chi connectivity index (χ4v) is 3.20. The van der Waals surface area contributed by atoms with Crippen molar-refractivity contribution in [2.24, 2.45) is 0 Å². The Bertz CT molecular complexity index is 862. The minimum absolute atomic E-state index is 0.0156. The van der Waals surface area contributed by atoms with E-state index < -0.39 is 0 Å². The van der Waals surface area contributed by atoms with E-state index in [0.717, 1.165) is 18.7 Å². The van der Waals surface area contributed by atoms with Crippen LogP contribution in [0, 0.1) is 0 Å². The van der Waals surface area contributed by atoms with Crippen LogP contribution < -0.4 is 0 Å². The predicted molar refractivity (Wildman–Crippen MR) is 89.5 cm³/mol. The van der Waals surface area contributed by atoms with Gasteiger partial charge in [0, 0.05) is 25.2 Å². The van der Waals surface area contributed by atoms with Crippen molar-refractivity contribution in [3.8, 4) is 0 Å². The molecule has 0 aliphatic carbocycles. The Morgan fingerprint density at radius 2 is 1.88 bits per heavy atom. The number of nitrogens with zero attached hydrogens (tertiary/aromatic N) is 4. The first-order valence-corrected chi connectivity index (χ1v) is 7.99. The first-order chi connectivity index (χ1) is 11.7. The monoisotopic (exact) mass is 322 g/mol. The Balaban J connectivity index is 1.67. The molecule has 24 heavy (non-hydrogen) atoms. The van der Waals surface area contributed by atoms with Crippen LogP contribution in [0.2, 0.25) is 0 Å². The minimum atomic E-state index is 0.0156. The van der Waals surface area contributed by atoms with Gasteiger partial charge in [0.05, 0.1) is 6.04 Å². The Kier molecular flexibility index (Phi) is 3.74. The van der Waals surface area contributed by atoms with E-state index in [-0.39, 0.29) is 11.9 Å². The smallest absolute Gasteiger partial charge is 0.254 e. The lowest BCUT2D eigenvalue weighted by Crippen LogP contribution is -2.49. The highest BCUT2D eigenvalue weighted by Gasteiger charge is 2.30. The van der Waals surface area contributed by atoms with Crippen LogP contribution in [0.3, 0.4) is 0 Å². The molecular weight excluding hydrogens is 304 g/mol. The fraction of sp³-hybridized carbons (Fsp3) is 0.278. The minimum Gasteiger partial charge on any atom is -0.329 e. The Labute approximate surface area is 139 Å². The molecule has 122 valence electrons. The summed E-state index contributed by atoms with van der Waals surface area (Å²) in [5.74, 6) is 0.0156. The van der Waals surface area contributed by atoms with Gasteiger partial charge < -0.3 is 9.80 Å². The number of carbonyl (C=O) groups excluding carboxylic acids is 1. The zero-order valence-electron chi connectivity index (χ0n) is 13.4. The van der Waals surface area contributed by atoms with Gasteiger partial charge in [0.2, 0.25) is 0 Å². The van der Waals surface area contributed by atoms with Gasteiger partial charge in [-0.1, -0.05) is 30.3 Å². The molecule has 1 aliphatic rings. The average molecular weight is 322 g/mol. The number of fused-ring (bicyclic) bond motifs is 1. The molecule has 1 fully saturated rings. The van der Waals surface area contributed by atoms with Gasteiger partial charge in [-0.3, -0.25) is 4.79 Å². The maximum absolute atomic E-state index is 13.1. The molecule has 1 saturated heterocycles. The molecule has 0 N–H and O–H groups in total. The second-order valence-electron chi connectivity index (χ2n) is 6.15. The number of amides is 1. The van der Waals surface area contributed by atoms with Crippen LogP contribution in [-0.2, 0) is 0 Å². The standard InChI is InChI=1S/C18H18N4O2/c1-21-9-10-22(17(12-21)13-5-3-2-4-6-13)18(23)14-7-8-15-16(11-14)20-24-19-15/h2-8,11,17H,9-10,12H2,1H3/t17-/m0/s1. The van der Waals surface area contributed by atoms with Gasteiger partial charge in [0.25, 0.3) is 5.91 Å². The summed E-state index contributed by atoms with van der Waals surface area (Å²) < 4.78 is 4.72. The summed E-state index contributed by atoms with van der Waals surface area (Å²) >= 11 is 0. The molecule has 0 radical (unpaired) electrons. The molecule has 0 saturated carbocycles. The molecule has 1 aromatic heterocycles. The third-order valence-corrected chi connectivity index (χ3v) is 4.53. The highest BCUT2D eigenvalue weighted by molar-refractivity contribution is 5.97. The fourth-order valence-electron chi connectivity index (χ4n) is 3.20. The van der Waals surface area contributed by atoms with Crippen molar-refractivity contribution in [3.63, 3.8) is 0 Å². The Morgan fingerprint density at radius 1 is 1.08 bits per heavy atom. The summed E-state index contributed by atoms with van der Waals surface area (Å²) in [7, 11) is 2.09. The van der Waals surface area contributed by atoms with Crippen molar-refractivity contribution >= 4 is 16.9 Å². The summed E-state index contributed by atoms with van der Waals surface area (Å²) in [5.41, 5.74) is 3.03. The first-order valence-electron chi connectivity index (χ1n) is 7.99. The molecule has 1 amide bonds. The average Bonchev–Trinajstić information content (AvgIpc) is 3.09. The van der Waals surface area contributed by atoms with Gasteiger partial charge in [0.15, 0.2) is 0 Å². The van der Waals surface area contributed by atoms with Crippen LogP contribution in [0.25, 0.3) is 11.0 Å². The summed E-state index contributed by atoms with van der Waals surface area (Å²) in [4.78, 5) is 17.3. The van der Waals surface area contributed by atoms with Crippen molar-refractivity contribution in [2.75, 3.05) is 26.7 Å². The Morgan fingerprint density at radius 3 is 2.71 bits per heavy atom. The summed E-state index contributed by atoms with van der Waals surface area (Å²) in [5, 5.41) is 7.62. The summed E-state index contributed by atoms with van der Waals surface area (Å²) in [6, 6.07) is 15.5. The van der Waals surface area contributed by atoms with E-state index >= 15 is 0 Å². The van der Waals surface area contributed by atoms with E-state index in [1.807, 2.05) is 23.1 Å². The molecule has 6 heteroatoms. The molecule has 1 aliphatic heterocycles. The number of hydrogen-bond donors (Lipinski definition) is 0. The molecular formula is C18H18N4O2. The quantitative estimate of drug-likeness (QED) is 0.725. The normalized spacial score (nSPS) is 18.9. The number of benzene rings is 2. The van der Waals surface area contributed by atoms with Crippen LogP contribution in [0.15, 0.2) is 53.2 Å². The maximum atomic E-state index is 13.1. The van der Waals surface area contributed by atoms with E-state index in [9.17, 15) is 4.79 Å². The number of hydrogen-bond acceptors (Lipinski definition) is 5. The van der Waals surface area contributed by atoms with Gasteiger partial charge in [-0.2, -0.15) is 0 Å². The second-order valence-corrected chi connectivity index (χ2v) is 6.15. The highest BCUT2D eigenvalue weighted by atomic mass is 16.6. The van der Waals surface area contributed by atoms with Crippen molar-refractivity contribution < 1.29 is 9.42 Å². The zero-order chi connectivity index (χ0) is 16.5. The van der Waals surface area contributed by atoms with Crippen molar-refractivity contribution in [1.82, 2.24) is 20.1 Å². The number of piperazine rings is 1. The molecule has 4 rings (SSSR count). The topological polar surface area (TPSA) is 62.5 Å². The van der Waals surface area contributed by atoms with Crippen LogP contribution in [0.5, 0.6) is 0 Å². The molecule has 3 aromatic rings. The van der Waals surface area contributed by atoms with Crippen LogP contribution >= 0.6 is 0 Å². The third kappa shape index (κ3) is 2.65. The largest absolute Gasteiger partial charge is 0.329 e. The highest BCUT2D eigenvalue weighted by Crippen LogP contribution is 2.27. The molecule has 6 nitrogen and oxygen atoms in total. The van der Waals surface area contributed by atoms with Crippen molar-refractivity contribution in [3.05, 3.63) is 59.7 Å². The van der Waals surface area contributed by atoms with Gasteiger partial charge in [-0.25, -0.2) is 4.63 Å². The SMILES string of the molecule is CN1CCN(C(=O)c2ccc3nonc3c2)[C@H](c2ccccc2)C1. The first kappa shape index (κ1) is 14.8. The van der Waals surface area contributed by atoms with E-state index in [2.05, 4.69) is 34.4 Å². The van der Waals surface area contributed by atoms with E-state index in [0.29, 0.717) is 23.1 Å². The van der Waals surface area contributed by atoms with E-state index in [4.69, 9.17) is 4.63 Å². The van der Waals surface area contributed by atoms with Gasteiger partial charge in [0.1, 0.15) is 11.0 Å². The number of aromatic nitrogens is 2. The maximum Gasteiger partial charge on any atom is 0.254 e. The molecule has 0 spiro atoms. The summed E-state index contributed by atoms with van der Waals surface area (Å²) in [6.07, 6.45) is 0. The number of carbonyl (C=O) groups is 1. The predicted octanol–water partition coefficient (Wildman–Crippen LogP) is 2.35. The Hall–Kier alpha value is -2.73. The van der Waals surface area contributed by atoms with Crippen LogP contribution in [0.1, 0.15) is 22.0 Å². The number of likely N-dealkylation sites (N-methyl/N-ethyl adjacent to an activating group) is 1. The second kappa shape index (κ2) is 6.05. The van der Waals surface area contributed by atoms with Crippen LogP contribution in [0.4, 0.5) is 0 Å². The zero-order valence-corrected chi connectivity index (χ0v) is 13.4. The van der Waals surface area contributed by atoms with Gasteiger partial charge in [-0.05, 0) is 41.1 Å². The lowest BCUT2D eigenvalue weighted by atomic mass is 10.0. The van der Waals surface area contributed by atoms with Crippen molar-refractivity contribution in [2.45, 2.75) is 6.04 Å².